The highest BCUT2D eigenvalue weighted by Gasteiger charge is 2.28. The highest BCUT2D eigenvalue weighted by Crippen LogP contribution is 2.28. The molecule has 0 aromatic carbocycles. The lowest BCUT2D eigenvalue weighted by atomic mass is 9.82. The van der Waals surface area contributed by atoms with Crippen molar-refractivity contribution < 1.29 is 14.9 Å². The maximum absolute atomic E-state index is 9.17. The summed E-state index contributed by atoms with van der Waals surface area (Å²) in [7, 11) is 0. The normalized spacial score (nSPS) is 21.0. The van der Waals surface area contributed by atoms with Crippen molar-refractivity contribution in [3.63, 3.8) is 0 Å². The molecule has 0 unspecified atom stereocenters. The molecule has 1 aliphatic heterocycles. The van der Waals surface area contributed by atoms with Crippen LogP contribution >= 0.6 is 0 Å². The van der Waals surface area contributed by atoms with Gasteiger partial charge < -0.3 is 20.3 Å². The van der Waals surface area contributed by atoms with Gasteiger partial charge in [0, 0.05) is 31.7 Å². The van der Waals surface area contributed by atoms with Crippen LogP contribution in [-0.2, 0) is 4.74 Å². The first-order valence-corrected chi connectivity index (χ1v) is 6.04. The number of aliphatic hydroxyl groups is 2. The van der Waals surface area contributed by atoms with Crippen molar-refractivity contribution in [2.24, 2.45) is 10.8 Å². The van der Waals surface area contributed by atoms with Gasteiger partial charge in [-0.05, 0) is 18.3 Å². The van der Waals surface area contributed by atoms with Gasteiger partial charge >= 0.3 is 0 Å². The Hall–Kier alpha value is -0.160. The highest BCUT2D eigenvalue weighted by molar-refractivity contribution is 4.82. The van der Waals surface area contributed by atoms with Gasteiger partial charge in [-0.25, -0.2) is 0 Å². The summed E-state index contributed by atoms with van der Waals surface area (Å²) in [5.74, 6) is 0. The molecule has 0 aromatic rings. The molecule has 0 radical (unpaired) electrons. The van der Waals surface area contributed by atoms with E-state index in [4.69, 9.17) is 14.9 Å². The van der Waals surface area contributed by atoms with Crippen molar-refractivity contribution in [3.8, 4) is 0 Å². The van der Waals surface area contributed by atoms with Crippen LogP contribution in [0.2, 0.25) is 0 Å². The van der Waals surface area contributed by atoms with Crippen molar-refractivity contribution in [3.05, 3.63) is 0 Å². The molecule has 0 aliphatic carbocycles. The maximum Gasteiger partial charge on any atom is 0.0518 e. The van der Waals surface area contributed by atoms with Gasteiger partial charge in [-0.1, -0.05) is 13.8 Å². The fourth-order valence-corrected chi connectivity index (χ4v) is 1.87. The van der Waals surface area contributed by atoms with E-state index < -0.39 is 5.41 Å². The molecule has 0 bridgehead atoms. The maximum atomic E-state index is 9.17. The quantitative estimate of drug-likeness (QED) is 0.618. The van der Waals surface area contributed by atoms with E-state index in [0.717, 1.165) is 32.6 Å². The fourth-order valence-electron chi connectivity index (χ4n) is 1.87. The Morgan fingerprint density at radius 1 is 1.25 bits per heavy atom. The average Bonchev–Trinajstić information content (AvgIpc) is 2.29. The van der Waals surface area contributed by atoms with Gasteiger partial charge in [-0.2, -0.15) is 0 Å². The Morgan fingerprint density at radius 2 is 1.81 bits per heavy atom. The molecule has 0 atom stereocenters. The molecule has 16 heavy (non-hydrogen) atoms. The van der Waals surface area contributed by atoms with Crippen LogP contribution in [0.15, 0.2) is 0 Å². The fraction of sp³-hybridized carbons (Fsp3) is 1.00. The van der Waals surface area contributed by atoms with E-state index in [1.807, 2.05) is 6.92 Å². The number of hydrogen-bond donors (Lipinski definition) is 3. The summed E-state index contributed by atoms with van der Waals surface area (Å²) in [6, 6.07) is 0. The molecule has 0 spiro atoms. The summed E-state index contributed by atoms with van der Waals surface area (Å²) in [5.41, 5.74) is -0.119. The number of aliphatic hydroxyl groups excluding tert-OH is 2. The molecule has 4 nitrogen and oxygen atoms in total. The third kappa shape index (κ3) is 4.01. The minimum atomic E-state index is -0.415. The van der Waals surface area contributed by atoms with E-state index >= 15 is 0 Å². The molecular formula is C12H25NO3. The van der Waals surface area contributed by atoms with E-state index in [-0.39, 0.29) is 13.2 Å². The third-order valence-corrected chi connectivity index (χ3v) is 3.57. The molecule has 96 valence electrons. The van der Waals surface area contributed by atoms with Gasteiger partial charge in [0.2, 0.25) is 0 Å². The summed E-state index contributed by atoms with van der Waals surface area (Å²) in [5, 5.41) is 21.7. The second kappa shape index (κ2) is 5.96. The Kier molecular flexibility index (Phi) is 5.18. The van der Waals surface area contributed by atoms with Crippen LogP contribution in [-0.4, -0.2) is 49.7 Å². The third-order valence-electron chi connectivity index (χ3n) is 3.57. The smallest absolute Gasteiger partial charge is 0.0518 e. The van der Waals surface area contributed by atoms with Crippen LogP contribution < -0.4 is 5.32 Å². The lowest BCUT2D eigenvalue weighted by Gasteiger charge is -2.35. The van der Waals surface area contributed by atoms with Gasteiger partial charge in [0.15, 0.2) is 0 Å². The van der Waals surface area contributed by atoms with Gasteiger partial charge in [0.05, 0.1) is 13.2 Å². The molecule has 4 heteroatoms. The van der Waals surface area contributed by atoms with E-state index in [9.17, 15) is 0 Å². The van der Waals surface area contributed by atoms with Crippen LogP contribution in [0.25, 0.3) is 0 Å². The zero-order valence-electron chi connectivity index (χ0n) is 10.5. The summed E-state index contributed by atoms with van der Waals surface area (Å²) in [4.78, 5) is 0. The minimum Gasteiger partial charge on any atom is -0.396 e. The van der Waals surface area contributed by atoms with Crippen molar-refractivity contribution in [2.75, 3.05) is 39.5 Å². The Balaban J connectivity index is 2.28. The van der Waals surface area contributed by atoms with Crippen molar-refractivity contribution in [1.29, 1.82) is 0 Å². The first-order chi connectivity index (χ1) is 7.54. The lowest BCUT2D eigenvalue weighted by Crippen LogP contribution is -2.43. The van der Waals surface area contributed by atoms with Crippen molar-refractivity contribution in [2.45, 2.75) is 26.7 Å². The lowest BCUT2D eigenvalue weighted by molar-refractivity contribution is 0.0191. The van der Waals surface area contributed by atoms with E-state index in [1.54, 1.807) is 0 Å². The van der Waals surface area contributed by atoms with E-state index in [0.29, 0.717) is 12.0 Å². The minimum absolute atomic E-state index is 0.0102. The Morgan fingerprint density at radius 3 is 2.31 bits per heavy atom. The van der Waals surface area contributed by atoms with E-state index in [2.05, 4.69) is 12.2 Å². The monoisotopic (exact) mass is 231 g/mol. The molecular weight excluding hydrogens is 206 g/mol. The summed E-state index contributed by atoms with van der Waals surface area (Å²) in [6.07, 6.45) is 2.16. The molecule has 0 saturated carbocycles. The summed E-state index contributed by atoms with van der Waals surface area (Å²) in [6.45, 7) is 7.42. The predicted molar refractivity (Wildman–Crippen MR) is 63.3 cm³/mol. The predicted octanol–water partition coefficient (Wildman–Crippen LogP) is 0.384. The van der Waals surface area contributed by atoms with Crippen LogP contribution in [0.3, 0.4) is 0 Å². The second-order valence-electron chi connectivity index (χ2n) is 5.65. The van der Waals surface area contributed by atoms with Crippen LogP contribution in [0.5, 0.6) is 0 Å². The highest BCUT2D eigenvalue weighted by atomic mass is 16.5. The van der Waals surface area contributed by atoms with Gasteiger partial charge in [0.1, 0.15) is 0 Å². The molecule has 1 heterocycles. The molecule has 0 aromatic heterocycles. The summed E-state index contributed by atoms with van der Waals surface area (Å²) < 4.78 is 5.35. The van der Waals surface area contributed by atoms with Gasteiger partial charge in [-0.3, -0.25) is 0 Å². The second-order valence-corrected chi connectivity index (χ2v) is 5.65. The molecule has 1 aliphatic rings. The largest absolute Gasteiger partial charge is 0.396 e. The van der Waals surface area contributed by atoms with Gasteiger partial charge in [-0.15, -0.1) is 0 Å². The molecule has 3 N–H and O–H groups in total. The molecule has 0 amide bonds. The average molecular weight is 231 g/mol. The number of hydrogen-bond acceptors (Lipinski definition) is 4. The van der Waals surface area contributed by atoms with Crippen molar-refractivity contribution in [1.82, 2.24) is 5.32 Å². The Bertz CT molecular complexity index is 198. The van der Waals surface area contributed by atoms with Crippen LogP contribution in [0.1, 0.15) is 26.7 Å². The van der Waals surface area contributed by atoms with Crippen LogP contribution in [0.4, 0.5) is 0 Å². The standard InChI is InChI=1S/C12H25NO3/c1-11(3-5-16-6-4-11)7-13-8-12(2,9-14)10-15/h13-15H,3-10H2,1-2H3. The molecule has 1 rings (SSSR count). The van der Waals surface area contributed by atoms with Gasteiger partial charge in [0.25, 0.3) is 0 Å². The van der Waals surface area contributed by atoms with E-state index in [1.165, 1.54) is 0 Å². The topological polar surface area (TPSA) is 61.7 Å². The number of nitrogens with one attached hydrogen (secondary N) is 1. The van der Waals surface area contributed by atoms with Crippen molar-refractivity contribution >= 4 is 0 Å². The first-order valence-electron chi connectivity index (χ1n) is 6.04. The summed E-state index contributed by atoms with van der Waals surface area (Å²) >= 11 is 0. The number of rotatable bonds is 6. The number of ether oxygens (including phenoxy) is 1. The SMILES string of the molecule is CC(CO)(CO)CNCC1(C)CCOCC1. The zero-order chi connectivity index (χ0) is 12.1. The molecule has 1 saturated heterocycles. The van der Waals surface area contributed by atoms with Crippen LogP contribution in [0, 0.1) is 10.8 Å². The first kappa shape index (κ1) is 13.9. The molecule has 1 fully saturated rings. The zero-order valence-corrected chi connectivity index (χ0v) is 10.5. The Labute approximate surface area is 98.0 Å².